The minimum Gasteiger partial charge on any atom is -0.486 e. The Labute approximate surface area is 133 Å². The van der Waals surface area contributed by atoms with E-state index in [1.165, 1.54) is 0 Å². The van der Waals surface area contributed by atoms with Gasteiger partial charge in [0.2, 0.25) is 0 Å². The van der Waals surface area contributed by atoms with Crippen LogP contribution in [0.25, 0.3) is 0 Å². The number of benzene rings is 1. The van der Waals surface area contributed by atoms with Gasteiger partial charge in [-0.15, -0.1) is 0 Å². The minimum atomic E-state index is 0.181. The largest absolute Gasteiger partial charge is 0.486 e. The SMILES string of the molecule is CCCCN(CC)CC(=O)c1ccc2c(c1)NCC(CC)O2. The number of fused-ring (bicyclic) bond motifs is 1. The van der Waals surface area contributed by atoms with E-state index in [0.29, 0.717) is 6.54 Å². The van der Waals surface area contributed by atoms with Crippen LogP contribution >= 0.6 is 0 Å². The van der Waals surface area contributed by atoms with E-state index in [-0.39, 0.29) is 11.9 Å². The standard InChI is InChI=1S/C18H28N2O2/c1-4-7-10-20(6-3)13-17(21)14-8-9-18-16(11-14)19-12-15(5-2)22-18/h8-9,11,15,19H,4-7,10,12-13H2,1-3H3. The molecular weight excluding hydrogens is 276 g/mol. The molecule has 1 unspecified atom stereocenters. The molecule has 0 saturated heterocycles. The lowest BCUT2D eigenvalue weighted by atomic mass is 10.1. The number of carbonyl (C=O) groups is 1. The fraction of sp³-hybridized carbons (Fsp3) is 0.611. The lowest BCUT2D eigenvalue weighted by Gasteiger charge is -2.27. The van der Waals surface area contributed by atoms with Gasteiger partial charge in [0.25, 0.3) is 0 Å². The second-order valence-electron chi connectivity index (χ2n) is 5.89. The van der Waals surface area contributed by atoms with E-state index in [1.807, 2.05) is 18.2 Å². The van der Waals surface area contributed by atoms with Crippen molar-refractivity contribution in [1.29, 1.82) is 0 Å². The molecule has 0 bridgehead atoms. The summed E-state index contributed by atoms with van der Waals surface area (Å²) in [5, 5.41) is 3.37. The lowest BCUT2D eigenvalue weighted by Crippen LogP contribution is -2.31. The summed E-state index contributed by atoms with van der Waals surface area (Å²) in [6.07, 6.45) is 3.50. The first kappa shape index (κ1) is 16.8. The molecule has 0 aromatic heterocycles. The smallest absolute Gasteiger partial charge is 0.176 e. The highest BCUT2D eigenvalue weighted by atomic mass is 16.5. The van der Waals surface area contributed by atoms with Gasteiger partial charge in [-0.1, -0.05) is 27.2 Å². The van der Waals surface area contributed by atoms with Gasteiger partial charge in [0.05, 0.1) is 18.8 Å². The first-order chi connectivity index (χ1) is 10.7. The molecule has 2 rings (SSSR count). The molecule has 1 heterocycles. The molecular formula is C18H28N2O2. The first-order valence-corrected chi connectivity index (χ1v) is 8.48. The van der Waals surface area contributed by atoms with Crippen LogP contribution in [0.2, 0.25) is 0 Å². The predicted molar refractivity (Wildman–Crippen MR) is 91.0 cm³/mol. The number of nitrogens with zero attached hydrogens (tertiary/aromatic N) is 1. The van der Waals surface area contributed by atoms with E-state index in [2.05, 4.69) is 31.0 Å². The third-order valence-corrected chi connectivity index (χ3v) is 4.21. The molecule has 0 radical (unpaired) electrons. The molecule has 1 atom stereocenters. The zero-order chi connectivity index (χ0) is 15.9. The quantitative estimate of drug-likeness (QED) is 0.745. The van der Waals surface area contributed by atoms with Crippen molar-refractivity contribution >= 4 is 11.5 Å². The number of carbonyl (C=O) groups excluding carboxylic acids is 1. The summed E-state index contributed by atoms with van der Waals surface area (Å²) in [6.45, 7) is 9.60. The van der Waals surface area contributed by atoms with E-state index in [9.17, 15) is 4.79 Å². The van der Waals surface area contributed by atoms with Crippen molar-refractivity contribution in [2.45, 2.75) is 46.1 Å². The predicted octanol–water partition coefficient (Wildman–Crippen LogP) is 3.57. The van der Waals surface area contributed by atoms with Gasteiger partial charge in [-0.25, -0.2) is 0 Å². The monoisotopic (exact) mass is 304 g/mol. The Balaban J connectivity index is 2.02. The van der Waals surface area contributed by atoms with Gasteiger partial charge in [0.15, 0.2) is 5.78 Å². The molecule has 0 spiro atoms. The normalized spacial score (nSPS) is 16.8. The van der Waals surface area contributed by atoms with Crippen molar-refractivity contribution in [3.63, 3.8) is 0 Å². The van der Waals surface area contributed by atoms with Crippen molar-refractivity contribution in [3.05, 3.63) is 23.8 Å². The molecule has 4 heteroatoms. The first-order valence-electron chi connectivity index (χ1n) is 8.48. The van der Waals surface area contributed by atoms with Gasteiger partial charge in [0.1, 0.15) is 11.9 Å². The zero-order valence-corrected chi connectivity index (χ0v) is 14.0. The molecule has 122 valence electrons. The summed E-state index contributed by atoms with van der Waals surface area (Å²) < 4.78 is 5.89. The highest BCUT2D eigenvalue weighted by molar-refractivity contribution is 5.98. The third kappa shape index (κ3) is 4.23. The van der Waals surface area contributed by atoms with E-state index in [4.69, 9.17) is 4.74 Å². The number of ketones is 1. The van der Waals surface area contributed by atoms with Crippen LogP contribution in [0.4, 0.5) is 5.69 Å². The molecule has 0 aliphatic carbocycles. The van der Waals surface area contributed by atoms with E-state index >= 15 is 0 Å². The molecule has 0 saturated carbocycles. The maximum absolute atomic E-state index is 12.5. The van der Waals surface area contributed by atoms with E-state index in [0.717, 1.165) is 55.9 Å². The molecule has 22 heavy (non-hydrogen) atoms. The Morgan fingerprint density at radius 2 is 2.18 bits per heavy atom. The van der Waals surface area contributed by atoms with E-state index < -0.39 is 0 Å². The second kappa shape index (κ2) is 8.18. The number of nitrogens with one attached hydrogen (secondary N) is 1. The van der Waals surface area contributed by atoms with Crippen LogP contribution in [-0.2, 0) is 0 Å². The topological polar surface area (TPSA) is 41.6 Å². The number of anilines is 1. The summed E-state index contributed by atoms with van der Waals surface area (Å²) in [7, 11) is 0. The summed E-state index contributed by atoms with van der Waals surface area (Å²) in [5.41, 5.74) is 1.70. The van der Waals surface area contributed by atoms with Crippen LogP contribution in [-0.4, -0.2) is 43.0 Å². The van der Waals surface area contributed by atoms with Gasteiger partial charge < -0.3 is 10.1 Å². The highest BCUT2D eigenvalue weighted by Crippen LogP contribution is 2.30. The van der Waals surface area contributed by atoms with Gasteiger partial charge in [-0.05, 0) is 44.1 Å². The molecule has 0 amide bonds. The van der Waals surface area contributed by atoms with Gasteiger partial charge >= 0.3 is 0 Å². The maximum atomic E-state index is 12.5. The Morgan fingerprint density at radius 3 is 2.86 bits per heavy atom. The maximum Gasteiger partial charge on any atom is 0.176 e. The number of rotatable bonds is 8. The zero-order valence-electron chi connectivity index (χ0n) is 14.0. The Morgan fingerprint density at radius 1 is 1.36 bits per heavy atom. The fourth-order valence-corrected chi connectivity index (χ4v) is 2.64. The van der Waals surface area contributed by atoms with Crippen molar-refractivity contribution in [1.82, 2.24) is 4.90 Å². The summed E-state index contributed by atoms with van der Waals surface area (Å²) in [5.74, 6) is 1.04. The number of ether oxygens (including phenoxy) is 1. The van der Waals surface area contributed by atoms with Crippen molar-refractivity contribution in [2.24, 2.45) is 0 Å². The molecule has 1 aliphatic heterocycles. The van der Waals surface area contributed by atoms with Gasteiger partial charge in [0, 0.05) is 5.56 Å². The molecule has 0 fully saturated rings. The molecule has 1 N–H and O–H groups in total. The molecule has 1 aliphatic rings. The average molecular weight is 304 g/mol. The molecule has 1 aromatic rings. The Hall–Kier alpha value is -1.55. The third-order valence-electron chi connectivity index (χ3n) is 4.21. The van der Waals surface area contributed by atoms with Crippen molar-refractivity contribution in [3.8, 4) is 5.75 Å². The van der Waals surface area contributed by atoms with Crippen LogP contribution in [0.3, 0.4) is 0 Å². The molecule has 1 aromatic carbocycles. The molecule has 4 nitrogen and oxygen atoms in total. The number of unbranched alkanes of at least 4 members (excludes halogenated alkanes) is 1. The van der Waals surface area contributed by atoms with Gasteiger partial charge in [-0.2, -0.15) is 0 Å². The summed E-state index contributed by atoms with van der Waals surface area (Å²) >= 11 is 0. The summed E-state index contributed by atoms with van der Waals surface area (Å²) in [6, 6.07) is 5.73. The van der Waals surface area contributed by atoms with Gasteiger partial charge in [-0.3, -0.25) is 9.69 Å². The Bertz CT molecular complexity index is 502. The van der Waals surface area contributed by atoms with Crippen LogP contribution in [0.5, 0.6) is 5.75 Å². The van der Waals surface area contributed by atoms with Crippen molar-refractivity contribution in [2.75, 3.05) is 31.5 Å². The highest BCUT2D eigenvalue weighted by Gasteiger charge is 2.19. The summed E-state index contributed by atoms with van der Waals surface area (Å²) in [4.78, 5) is 14.7. The number of Topliss-reactive ketones (excluding diaryl/α,β-unsaturated/α-hetero) is 1. The number of likely N-dealkylation sites (N-methyl/N-ethyl adjacent to an activating group) is 1. The Kier molecular flexibility index (Phi) is 6.25. The van der Waals surface area contributed by atoms with Crippen LogP contribution < -0.4 is 10.1 Å². The van der Waals surface area contributed by atoms with Crippen LogP contribution in [0, 0.1) is 0 Å². The second-order valence-corrected chi connectivity index (χ2v) is 5.89. The van der Waals surface area contributed by atoms with E-state index in [1.54, 1.807) is 0 Å². The van der Waals surface area contributed by atoms with Crippen LogP contribution in [0.15, 0.2) is 18.2 Å². The number of hydrogen-bond acceptors (Lipinski definition) is 4. The minimum absolute atomic E-state index is 0.181. The van der Waals surface area contributed by atoms with Crippen LogP contribution in [0.1, 0.15) is 50.4 Å². The average Bonchev–Trinajstić information content (AvgIpc) is 2.57. The number of hydrogen-bond donors (Lipinski definition) is 1. The van der Waals surface area contributed by atoms with Crippen molar-refractivity contribution < 1.29 is 9.53 Å². The fourth-order valence-electron chi connectivity index (χ4n) is 2.64. The lowest BCUT2D eigenvalue weighted by molar-refractivity contribution is 0.0933.